The second kappa shape index (κ2) is 4.18. The molecule has 0 saturated carbocycles. The zero-order chi connectivity index (χ0) is 12.5. The molecular weight excluding hydrogens is 222 g/mol. The van der Waals surface area contributed by atoms with E-state index in [1.165, 1.54) is 0 Å². The van der Waals surface area contributed by atoms with Crippen LogP contribution in [0.5, 0.6) is 0 Å². The number of fused-ring (bicyclic) bond motifs is 1. The van der Waals surface area contributed by atoms with Gasteiger partial charge in [-0.25, -0.2) is 0 Å². The quantitative estimate of drug-likeness (QED) is 0.649. The highest BCUT2D eigenvalue weighted by molar-refractivity contribution is 5.80. The first-order chi connectivity index (χ1) is 8.72. The molecule has 3 aromatic rings. The summed E-state index contributed by atoms with van der Waals surface area (Å²) >= 11 is 0. The summed E-state index contributed by atoms with van der Waals surface area (Å²) in [5.41, 5.74) is 5.98. The molecule has 0 aromatic carbocycles. The van der Waals surface area contributed by atoms with Crippen LogP contribution in [-0.2, 0) is 0 Å². The van der Waals surface area contributed by atoms with Crippen LogP contribution in [-0.4, -0.2) is 15.0 Å². The van der Waals surface area contributed by atoms with E-state index in [0.717, 1.165) is 33.5 Å². The van der Waals surface area contributed by atoms with Gasteiger partial charge in [0, 0.05) is 34.9 Å². The molecule has 0 bridgehead atoms. The summed E-state index contributed by atoms with van der Waals surface area (Å²) in [6.45, 7) is 3.97. The van der Waals surface area contributed by atoms with Gasteiger partial charge in [0.25, 0.3) is 0 Å². The maximum atomic E-state index is 4.50. The lowest BCUT2D eigenvalue weighted by molar-refractivity contribution is 1.20. The maximum absolute atomic E-state index is 4.50. The second-order valence-corrected chi connectivity index (χ2v) is 4.40. The van der Waals surface area contributed by atoms with Crippen LogP contribution in [0.15, 0.2) is 42.7 Å². The molecule has 0 amide bonds. The first-order valence-electron chi connectivity index (χ1n) is 5.89. The first kappa shape index (κ1) is 10.8. The molecule has 88 valence electrons. The van der Waals surface area contributed by atoms with Crippen molar-refractivity contribution in [2.75, 3.05) is 0 Å². The van der Waals surface area contributed by atoms with Crippen molar-refractivity contribution in [3.8, 4) is 11.1 Å². The predicted octanol–water partition coefficient (Wildman–Crippen LogP) is 3.31. The zero-order valence-electron chi connectivity index (χ0n) is 10.4. The number of aromatic nitrogens is 3. The Morgan fingerprint density at radius 2 is 1.50 bits per heavy atom. The predicted molar refractivity (Wildman–Crippen MR) is 72.2 cm³/mol. The Labute approximate surface area is 106 Å². The number of nitrogens with zero attached hydrogens (tertiary/aromatic N) is 3. The number of hydrogen-bond acceptors (Lipinski definition) is 3. The van der Waals surface area contributed by atoms with Gasteiger partial charge in [-0.2, -0.15) is 0 Å². The molecule has 3 nitrogen and oxygen atoms in total. The summed E-state index contributed by atoms with van der Waals surface area (Å²) in [5, 5.41) is 0. The van der Waals surface area contributed by atoms with Crippen molar-refractivity contribution in [2.45, 2.75) is 13.8 Å². The number of hydrogen-bond donors (Lipinski definition) is 0. The van der Waals surface area contributed by atoms with Gasteiger partial charge in [-0.05, 0) is 38.1 Å². The standard InChI is InChI=1S/C15H13N3/c1-10-3-5-12(8-16-10)13-7-15-14(17-9-13)6-4-11(2)18-15/h3-9H,1-2H3. The molecule has 0 spiro atoms. The van der Waals surface area contributed by atoms with Crippen molar-refractivity contribution in [3.05, 3.63) is 54.1 Å². The average Bonchev–Trinajstić information content (AvgIpc) is 2.38. The Morgan fingerprint density at radius 1 is 0.722 bits per heavy atom. The summed E-state index contributed by atoms with van der Waals surface area (Å²) in [5.74, 6) is 0. The van der Waals surface area contributed by atoms with Crippen molar-refractivity contribution < 1.29 is 0 Å². The number of aryl methyl sites for hydroxylation is 2. The molecule has 3 rings (SSSR count). The van der Waals surface area contributed by atoms with Crippen LogP contribution >= 0.6 is 0 Å². The highest BCUT2D eigenvalue weighted by Gasteiger charge is 2.02. The number of rotatable bonds is 1. The van der Waals surface area contributed by atoms with Crippen molar-refractivity contribution in [3.63, 3.8) is 0 Å². The molecular formula is C15H13N3. The third-order valence-electron chi connectivity index (χ3n) is 2.92. The summed E-state index contributed by atoms with van der Waals surface area (Å²) < 4.78 is 0. The van der Waals surface area contributed by atoms with Crippen molar-refractivity contribution in [1.82, 2.24) is 15.0 Å². The van der Waals surface area contributed by atoms with Crippen LogP contribution in [0.25, 0.3) is 22.2 Å². The third-order valence-corrected chi connectivity index (χ3v) is 2.92. The Hall–Kier alpha value is -2.29. The Bertz CT molecular complexity index is 703. The van der Waals surface area contributed by atoms with Gasteiger partial charge >= 0.3 is 0 Å². The molecule has 3 aromatic heterocycles. The summed E-state index contributed by atoms with van der Waals surface area (Å²) in [6, 6.07) is 10.1. The molecule has 0 atom stereocenters. The zero-order valence-corrected chi connectivity index (χ0v) is 10.4. The van der Waals surface area contributed by atoms with Gasteiger partial charge in [-0.15, -0.1) is 0 Å². The highest BCUT2D eigenvalue weighted by Crippen LogP contribution is 2.21. The summed E-state index contributed by atoms with van der Waals surface area (Å²) in [6.07, 6.45) is 3.74. The lowest BCUT2D eigenvalue weighted by Crippen LogP contribution is -1.88. The van der Waals surface area contributed by atoms with Crippen LogP contribution in [0, 0.1) is 13.8 Å². The van der Waals surface area contributed by atoms with Crippen molar-refractivity contribution in [1.29, 1.82) is 0 Å². The topological polar surface area (TPSA) is 38.7 Å². The van der Waals surface area contributed by atoms with Gasteiger partial charge < -0.3 is 0 Å². The Balaban J connectivity index is 2.15. The van der Waals surface area contributed by atoms with Crippen LogP contribution in [0.4, 0.5) is 0 Å². The molecule has 0 fully saturated rings. The minimum atomic E-state index is 0.921. The van der Waals surface area contributed by atoms with Crippen LogP contribution in [0.1, 0.15) is 11.4 Å². The van der Waals surface area contributed by atoms with E-state index in [9.17, 15) is 0 Å². The normalized spacial score (nSPS) is 10.8. The lowest BCUT2D eigenvalue weighted by Gasteiger charge is -2.03. The maximum Gasteiger partial charge on any atom is 0.0896 e. The molecule has 0 N–H and O–H groups in total. The average molecular weight is 235 g/mol. The van der Waals surface area contributed by atoms with E-state index in [0.29, 0.717) is 0 Å². The molecule has 0 aliphatic heterocycles. The van der Waals surface area contributed by atoms with Crippen LogP contribution in [0.3, 0.4) is 0 Å². The number of pyridine rings is 3. The van der Waals surface area contributed by atoms with E-state index in [1.54, 1.807) is 0 Å². The molecule has 18 heavy (non-hydrogen) atoms. The smallest absolute Gasteiger partial charge is 0.0896 e. The fraction of sp³-hybridized carbons (Fsp3) is 0.133. The van der Waals surface area contributed by atoms with Crippen LogP contribution < -0.4 is 0 Å². The van der Waals surface area contributed by atoms with E-state index in [-0.39, 0.29) is 0 Å². The van der Waals surface area contributed by atoms with E-state index in [4.69, 9.17) is 0 Å². The van der Waals surface area contributed by atoms with E-state index in [2.05, 4.69) is 27.1 Å². The van der Waals surface area contributed by atoms with E-state index in [1.807, 2.05) is 44.4 Å². The highest BCUT2D eigenvalue weighted by atomic mass is 14.8. The monoisotopic (exact) mass is 235 g/mol. The van der Waals surface area contributed by atoms with Gasteiger partial charge in [0.15, 0.2) is 0 Å². The third kappa shape index (κ3) is 1.95. The fourth-order valence-electron chi connectivity index (χ4n) is 1.90. The van der Waals surface area contributed by atoms with Crippen molar-refractivity contribution >= 4 is 11.0 Å². The van der Waals surface area contributed by atoms with Gasteiger partial charge in [0.05, 0.1) is 11.0 Å². The Kier molecular flexibility index (Phi) is 2.52. The molecule has 0 saturated heterocycles. The largest absolute Gasteiger partial charge is 0.261 e. The minimum absolute atomic E-state index is 0.921. The molecule has 3 heteroatoms. The van der Waals surface area contributed by atoms with Crippen LogP contribution in [0.2, 0.25) is 0 Å². The first-order valence-corrected chi connectivity index (χ1v) is 5.89. The van der Waals surface area contributed by atoms with Gasteiger partial charge in [-0.3, -0.25) is 15.0 Å². The molecule has 0 radical (unpaired) electrons. The lowest BCUT2D eigenvalue weighted by atomic mass is 10.1. The summed E-state index contributed by atoms with van der Waals surface area (Å²) in [7, 11) is 0. The minimum Gasteiger partial charge on any atom is -0.261 e. The SMILES string of the molecule is Cc1ccc(-c2cnc3ccc(C)nc3c2)cn1. The van der Waals surface area contributed by atoms with E-state index < -0.39 is 0 Å². The fourth-order valence-corrected chi connectivity index (χ4v) is 1.90. The summed E-state index contributed by atoms with van der Waals surface area (Å²) in [4.78, 5) is 13.2. The molecule has 0 aliphatic carbocycles. The molecule has 3 heterocycles. The van der Waals surface area contributed by atoms with Gasteiger partial charge in [0.2, 0.25) is 0 Å². The van der Waals surface area contributed by atoms with Crippen molar-refractivity contribution in [2.24, 2.45) is 0 Å². The van der Waals surface area contributed by atoms with E-state index >= 15 is 0 Å². The van der Waals surface area contributed by atoms with Gasteiger partial charge in [-0.1, -0.05) is 6.07 Å². The second-order valence-electron chi connectivity index (χ2n) is 4.40. The Morgan fingerprint density at radius 3 is 2.28 bits per heavy atom. The molecule has 0 aliphatic rings. The van der Waals surface area contributed by atoms with Gasteiger partial charge in [0.1, 0.15) is 0 Å². The molecule has 0 unspecified atom stereocenters.